The summed E-state index contributed by atoms with van der Waals surface area (Å²) in [7, 11) is 0. The quantitative estimate of drug-likeness (QED) is 0.155. The number of benzene rings is 7. The number of fused-ring (bicyclic) bond motifs is 7. The van der Waals surface area contributed by atoms with Gasteiger partial charge in [0.15, 0.2) is 17.5 Å². The molecule has 3 heteroatoms. The lowest BCUT2D eigenvalue weighted by molar-refractivity contribution is 0.660. The van der Waals surface area contributed by atoms with E-state index in [1.165, 1.54) is 38.4 Å². The van der Waals surface area contributed by atoms with Gasteiger partial charge in [-0.2, -0.15) is 0 Å². The van der Waals surface area contributed by atoms with Crippen LogP contribution in [0.1, 0.15) is 25.0 Å². The average molecular weight is 576 g/mol. The summed E-state index contributed by atoms with van der Waals surface area (Å²) in [4.78, 5) is 15.6. The van der Waals surface area contributed by atoms with Crippen LogP contribution in [0.3, 0.4) is 0 Å². The first-order chi connectivity index (χ1) is 22.1. The minimum atomic E-state index is -0.120. The van der Waals surface area contributed by atoms with Crippen LogP contribution in [0.4, 0.5) is 0 Å². The highest BCUT2D eigenvalue weighted by Crippen LogP contribution is 2.49. The number of rotatable bonds is 3. The Kier molecular flexibility index (Phi) is 5.54. The van der Waals surface area contributed by atoms with Crippen LogP contribution >= 0.6 is 0 Å². The van der Waals surface area contributed by atoms with Crippen LogP contribution < -0.4 is 0 Å². The van der Waals surface area contributed by atoms with E-state index in [0.29, 0.717) is 17.5 Å². The Bertz CT molecular complexity index is 2460. The molecule has 1 aliphatic carbocycles. The molecule has 0 unspecified atom stereocenters. The third-order valence-corrected chi connectivity index (χ3v) is 9.49. The first-order valence-corrected chi connectivity index (χ1v) is 15.5. The predicted molar refractivity (Wildman–Crippen MR) is 186 cm³/mol. The van der Waals surface area contributed by atoms with E-state index in [1.807, 2.05) is 18.2 Å². The van der Waals surface area contributed by atoms with Crippen molar-refractivity contribution >= 4 is 32.3 Å². The summed E-state index contributed by atoms with van der Waals surface area (Å²) >= 11 is 0. The van der Waals surface area contributed by atoms with Crippen LogP contribution in [0.25, 0.3) is 77.6 Å². The minimum absolute atomic E-state index is 0.120. The van der Waals surface area contributed by atoms with Gasteiger partial charge in [-0.05, 0) is 61.3 Å². The lowest BCUT2D eigenvalue weighted by Gasteiger charge is -2.22. The topological polar surface area (TPSA) is 38.7 Å². The Hall–Kier alpha value is -5.67. The van der Waals surface area contributed by atoms with E-state index in [0.717, 1.165) is 32.8 Å². The standard InChI is InChI=1S/C42H29N3/c1-42(2)35-19-11-10-18-33(35)34-23-22-30(25-36(34)42)40-43-39(27-13-4-3-5-14-27)44-41(45-40)38-32-17-9-7-15-28(32)24-29-21-20-26-12-6-8-16-31(26)37(29)38/h3-25H,1-2H3. The van der Waals surface area contributed by atoms with Gasteiger partial charge in [-0.3, -0.25) is 0 Å². The minimum Gasteiger partial charge on any atom is -0.208 e. The molecule has 3 nitrogen and oxygen atoms in total. The van der Waals surface area contributed by atoms with Gasteiger partial charge in [0.1, 0.15) is 0 Å². The molecule has 0 N–H and O–H groups in total. The van der Waals surface area contributed by atoms with E-state index >= 15 is 0 Å². The summed E-state index contributed by atoms with van der Waals surface area (Å²) in [5.74, 6) is 2.02. The zero-order valence-electron chi connectivity index (χ0n) is 25.1. The Balaban J connectivity index is 1.36. The Morgan fingerprint density at radius 2 is 1.04 bits per heavy atom. The van der Waals surface area contributed by atoms with E-state index in [-0.39, 0.29) is 5.41 Å². The molecule has 8 aromatic rings. The van der Waals surface area contributed by atoms with E-state index < -0.39 is 0 Å². The van der Waals surface area contributed by atoms with Gasteiger partial charge in [0.05, 0.1) is 0 Å². The molecule has 0 aliphatic heterocycles. The third-order valence-electron chi connectivity index (χ3n) is 9.49. The second-order valence-corrected chi connectivity index (χ2v) is 12.5. The van der Waals surface area contributed by atoms with Crippen molar-refractivity contribution in [1.29, 1.82) is 0 Å². The zero-order valence-corrected chi connectivity index (χ0v) is 25.1. The van der Waals surface area contributed by atoms with Gasteiger partial charge in [0, 0.05) is 27.5 Å². The van der Waals surface area contributed by atoms with E-state index in [9.17, 15) is 0 Å². The molecule has 0 saturated carbocycles. The van der Waals surface area contributed by atoms with Crippen LogP contribution in [0.2, 0.25) is 0 Å². The molecule has 0 amide bonds. The Morgan fingerprint density at radius 1 is 0.422 bits per heavy atom. The summed E-state index contributed by atoms with van der Waals surface area (Å²) in [6.45, 7) is 4.62. The molecular formula is C42H29N3. The number of nitrogens with zero attached hydrogens (tertiary/aromatic N) is 3. The molecule has 0 fully saturated rings. The lowest BCUT2D eigenvalue weighted by Crippen LogP contribution is -2.15. The molecule has 0 bridgehead atoms. The maximum Gasteiger partial charge on any atom is 0.165 e. The molecule has 1 heterocycles. The molecule has 0 saturated heterocycles. The normalized spacial score (nSPS) is 13.3. The van der Waals surface area contributed by atoms with Gasteiger partial charge in [-0.1, -0.05) is 141 Å². The fourth-order valence-corrected chi connectivity index (χ4v) is 7.25. The van der Waals surface area contributed by atoms with Crippen LogP contribution in [-0.4, -0.2) is 15.0 Å². The molecule has 1 aliphatic rings. The number of hydrogen-bond acceptors (Lipinski definition) is 3. The maximum absolute atomic E-state index is 5.31. The SMILES string of the molecule is CC1(C)c2ccccc2-c2ccc(-c3nc(-c4ccccc4)nc(-c4c5ccccc5cc5ccc6ccccc6c45)n3)cc21. The van der Waals surface area contributed by atoms with Gasteiger partial charge in [-0.15, -0.1) is 0 Å². The number of aromatic nitrogens is 3. The highest BCUT2D eigenvalue weighted by molar-refractivity contribution is 6.21. The first-order valence-electron chi connectivity index (χ1n) is 15.5. The maximum atomic E-state index is 5.31. The predicted octanol–water partition coefficient (Wildman–Crippen LogP) is 10.6. The molecular weight excluding hydrogens is 546 g/mol. The van der Waals surface area contributed by atoms with Crippen molar-refractivity contribution in [3.8, 4) is 45.3 Å². The zero-order chi connectivity index (χ0) is 30.1. The Labute approximate surface area is 261 Å². The summed E-state index contributed by atoms with van der Waals surface area (Å²) in [5, 5.41) is 7.00. The summed E-state index contributed by atoms with van der Waals surface area (Å²) in [5.41, 5.74) is 8.11. The molecule has 0 radical (unpaired) electrons. The molecule has 7 aromatic carbocycles. The van der Waals surface area contributed by atoms with Crippen molar-refractivity contribution in [2.24, 2.45) is 0 Å². The fourth-order valence-electron chi connectivity index (χ4n) is 7.25. The first kappa shape index (κ1) is 25.8. The smallest absolute Gasteiger partial charge is 0.165 e. The second-order valence-electron chi connectivity index (χ2n) is 12.5. The van der Waals surface area contributed by atoms with Crippen molar-refractivity contribution in [3.63, 3.8) is 0 Å². The monoisotopic (exact) mass is 575 g/mol. The van der Waals surface area contributed by atoms with Crippen molar-refractivity contribution in [2.45, 2.75) is 19.3 Å². The Morgan fingerprint density at radius 3 is 1.89 bits per heavy atom. The molecule has 0 atom stereocenters. The second kappa shape index (κ2) is 9.67. The summed E-state index contributed by atoms with van der Waals surface area (Å²) in [6, 6.07) is 49.5. The molecule has 1 aromatic heterocycles. The van der Waals surface area contributed by atoms with Crippen molar-refractivity contribution in [3.05, 3.63) is 151 Å². The number of hydrogen-bond donors (Lipinski definition) is 0. The van der Waals surface area contributed by atoms with Crippen LogP contribution in [0, 0.1) is 0 Å². The lowest BCUT2D eigenvalue weighted by atomic mass is 9.82. The van der Waals surface area contributed by atoms with Crippen LogP contribution in [-0.2, 0) is 5.41 Å². The van der Waals surface area contributed by atoms with Gasteiger partial charge in [-0.25, -0.2) is 15.0 Å². The van der Waals surface area contributed by atoms with Gasteiger partial charge < -0.3 is 0 Å². The summed E-state index contributed by atoms with van der Waals surface area (Å²) in [6.07, 6.45) is 0. The average Bonchev–Trinajstić information content (AvgIpc) is 3.33. The third kappa shape index (κ3) is 3.94. The largest absolute Gasteiger partial charge is 0.208 e. The molecule has 45 heavy (non-hydrogen) atoms. The van der Waals surface area contributed by atoms with Crippen molar-refractivity contribution < 1.29 is 0 Å². The van der Waals surface area contributed by atoms with E-state index in [1.54, 1.807) is 0 Å². The molecule has 9 rings (SSSR count). The van der Waals surface area contributed by atoms with Crippen molar-refractivity contribution in [1.82, 2.24) is 15.0 Å². The molecule has 212 valence electrons. The van der Waals surface area contributed by atoms with Crippen molar-refractivity contribution in [2.75, 3.05) is 0 Å². The van der Waals surface area contributed by atoms with Crippen LogP contribution in [0.5, 0.6) is 0 Å². The highest BCUT2D eigenvalue weighted by atomic mass is 15.0. The van der Waals surface area contributed by atoms with E-state index in [4.69, 9.17) is 15.0 Å². The summed E-state index contributed by atoms with van der Waals surface area (Å²) < 4.78 is 0. The van der Waals surface area contributed by atoms with Gasteiger partial charge in [0.2, 0.25) is 0 Å². The van der Waals surface area contributed by atoms with Crippen LogP contribution in [0.15, 0.2) is 140 Å². The van der Waals surface area contributed by atoms with E-state index in [2.05, 4.69) is 135 Å². The fraction of sp³-hybridized carbons (Fsp3) is 0.0714. The molecule has 0 spiro atoms. The van der Waals surface area contributed by atoms with Gasteiger partial charge >= 0.3 is 0 Å². The van der Waals surface area contributed by atoms with Gasteiger partial charge in [0.25, 0.3) is 0 Å². The highest BCUT2D eigenvalue weighted by Gasteiger charge is 2.35.